The summed E-state index contributed by atoms with van der Waals surface area (Å²) >= 11 is 0. The minimum Gasteiger partial charge on any atom is -0.477 e. The number of ether oxygens (including phenoxy) is 6. The molecule has 3 aliphatic rings. The molecule has 3 heterocycles. The van der Waals surface area contributed by atoms with Gasteiger partial charge >= 0.3 is 5.97 Å². The maximum Gasteiger partial charge on any atom is 0.364 e. The fourth-order valence-corrected chi connectivity index (χ4v) is 10.9. The zero-order valence-electron chi connectivity index (χ0n) is 49.3. The molecule has 23 heteroatoms. The summed E-state index contributed by atoms with van der Waals surface area (Å²) in [7, 11) is 0. The Morgan fingerprint density at radius 3 is 1.62 bits per heavy atom. The lowest BCUT2D eigenvalue weighted by atomic mass is 9.88. The van der Waals surface area contributed by atoms with Gasteiger partial charge in [-0.15, -0.1) is 0 Å². The SMILES string of the molecule is CCCCCCCCCCCCCCCCCCC/C=C/C(O)C(COC1OC(CO)C(OC2OC(CO)C(O)C(OC3(C(=O)O)CC(O)C(NC(C)=O)C(C(O)C(O)CO)O3)C2O)C(O)C1O)NC(=O)CCCCCCCCCCC. The van der Waals surface area contributed by atoms with Gasteiger partial charge < -0.3 is 100 Å². The molecule has 0 spiro atoms. The van der Waals surface area contributed by atoms with Gasteiger partial charge in [-0.25, -0.2) is 4.79 Å². The Hall–Kier alpha value is -2.53. The van der Waals surface area contributed by atoms with Gasteiger partial charge in [0, 0.05) is 19.8 Å². The Morgan fingerprint density at radius 1 is 0.634 bits per heavy atom. The number of amides is 2. The molecule has 82 heavy (non-hydrogen) atoms. The van der Waals surface area contributed by atoms with Crippen molar-refractivity contribution in [1.29, 1.82) is 0 Å². The van der Waals surface area contributed by atoms with E-state index in [0.717, 1.165) is 51.9 Å². The van der Waals surface area contributed by atoms with Crippen LogP contribution in [0.1, 0.15) is 207 Å². The van der Waals surface area contributed by atoms with Crippen LogP contribution in [0.3, 0.4) is 0 Å². The van der Waals surface area contributed by atoms with Crippen molar-refractivity contribution in [3.63, 3.8) is 0 Å². The molecule has 0 aromatic heterocycles. The van der Waals surface area contributed by atoms with Crippen molar-refractivity contribution in [2.24, 2.45) is 0 Å². The molecule has 2 amide bonds. The van der Waals surface area contributed by atoms with E-state index in [2.05, 4.69) is 24.5 Å². The molecular weight excluding hydrogens is 1070 g/mol. The molecule has 18 atom stereocenters. The topological polar surface area (TPSA) is 373 Å². The number of hydrogen-bond acceptors (Lipinski definition) is 20. The third kappa shape index (κ3) is 25.4. The lowest BCUT2D eigenvalue weighted by molar-refractivity contribution is -0.386. The first kappa shape index (κ1) is 73.7. The van der Waals surface area contributed by atoms with Gasteiger partial charge in [0.25, 0.3) is 5.79 Å². The quantitative estimate of drug-likeness (QED) is 0.0307. The lowest BCUT2D eigenvalue weighted by Gasteiger charge is -2.50. The Kier molecular flexibility index (Phi) is 37.4. The maximum absolute atomic E-state index is 13.3. The fraction of sp³-hybridized carbons (Fsp3) is 0.915. The maximum atomic E-state index is 13.3. The van der Waals surface area contributed by atoms with Crippen molar-refractivity contribution in [1.82, 2.24) is 10.6 Å². The zero-order valence-corrected chi connectivity index (χ0v) is 49.3. The van der Waals surface area contributed by atoms with Gasteiger partial charge in [0.2, 0.25) is 11.8 Å². The number of carboxylic acid groups (broad SMARTS) is 1. The molecule has 3 fully saturated rings. The average molecular weight is 1180 g/mol. The first-order valence-electron chi connectivity index (χ1n) is 31.1. The number of rotatable bonds is 45. The Labute approximate surface area is 486 Å². The van der Waals surface area contributed by atoms with Crippen molar-refractivity contribution in [3.8, 4) is 0 Å². The van der Waals surface area contributed by atoms with Crippen LogP contribution in [-0.2, 0) is 42.8 Å². The molecule has 0 aliphatic carbocycles. The highest BCUT2D eigenvalue weighted by Gasteiger charge is 2.60. The van der Waals surface area contributed by atoms with Crippen molar-refractivity contribution in [2.45, 2.75) is 317 Å². The number of carboxylic acids is 1. The Morgan fingerprint density at radius 2 is 1.13 bits per heavy atom. The first-order valence-corrected chi connectivity index (χ1v) is 31.1. The second-order valence-corrected chi connectivity index (χ2v) is 22.9. The second kappa shape index (κ2) is 41.5. The number of carbonyl (C=O) groups is 3. The largest absolute Gasteiger partial charge is 0.477 e. The van der Waals surface area contributed by atoms with E-state index in [1.54, 1.807) is 6.08 Å². The smallest absolute Gasteiger partial charge is 0.364 e. The van der Waals surface area contributed by atoms with Crippen molar-refractivity contribution >= 4 is 17.8 Å². The minimum absolute atomic E-state index is 0.202. The number of nitrogens with one attached hydrogen (secondary N) is 2. The summed E-state index contributed by atoms with van der Waals surface area (Å²) in [5, 5.41) is 135. The molecule has 0 aromatic rings. The number of carbonyl (C=O) groups excluding carboxylic acids is 2. The summed E-state index contributed by atoms with van der Waals surface area (Å²) in [6.45, 7) is 2.08. The molecule has 480 valence electrons. The van der Waals surface area contributed by atoms with E-state index >= 15 is 0 Å². The predicted octanol–water partition coefficient (Wildman–Crippen LogP) is 3.17. The van der Waals surface area contributed by atoms with Crippen LogP contribution in [0.5, 0.6) is 0 Å². The third-order valence-electron chi connectivity index (χ3n) is 16.0. The van der Waals surface area contributed by atoms with E-state index in [9.17, 15) is 75.7 Å². The molecule has 3 saturated heterocycles. The van der Waals surface area contributed by atoms with Gasteiger partial charge in [0.1, 0.15) is 67.1 Å². The van der Waals surface area contributed by atoms with Crippen LogP contribution in [0.2, 0.25) is 0 Å². The standard InChI is InChI=1S/C59H108N2O21/c1-4-6-8-10-12-14-15-16-17-18-19-20-21-22-23-25-26-28-30-32-41(66)40(61-46(69)33-31-29-27-24-13-11-9-7-5-2)38-77-56-51(73)50(72)53(45(37-64)79-56)80-57-52(74)55(49(71)44(36-63)78-57)82-59(58(75)76)34-42(67)47(60-39(3)65)54(81-59)48(70)43(68)35-62/h30,32,40-45,47-57,62-64,66-68,70-74H,4-29,31,33-38H2,1-3H3,(H,60,65)(H,61,69)(H,75,76)/b32-30+. The fourth-order valence-electron chi connectivity index (χ4n) is 10.9. The van der Waals surface area contributed by atoms with E-state index in [4.69, 9.17) is 28.4 Å². The number of aliphatic hydroxyl groups excluding tert-OH is 11. The van der Waals surface area contributed by atoms with Gasteiger partial charge in [0.05, 0.1) is 50.7 Å². The summed E-state index contributed by atoms with van der Waals surface area (Å²) in [6.07, 6.45) is 5.82. The monoisotopic (exact) mass is 1180 g/mol. The normalized spacial score (nSPS) is 30.2. The molecule has 18 unspecified atom stereocenters. The van der Waals surface area contributed by atoms with E-state index in [0.29, 0.717) is 12.8 Å². The molecule has 23 nitrogen and oxygen atoms in total. The average Bonchev–Trinajstić information content (AvgIpc) is 3.46. The van der Waals surface area contributed by atoms with Gasteiger partial charge in [0.15, 0.2) is 12.6 Å². The van der Waals surface area contributed by atoms with Gasteiger partial charge in [-0.2, -0.15) is 0 Å². The van der Waals surface area contributed by atoms with Crippen LogP contribution < -0.4 is 10.6 Å². The van der Waals surface area contributed by atoms with Crippen molar-refractivity contribution in [2.75, 3.05) is 26.4 Å². The molecule has 3 aliphatic heterocycles. The highest BCUT2D eigenvalue weighted by atomic mass is 16.8. The second-order valence-electron chi connectivity index (χ2n) is 22.9. The number of hydrogen-bond donors (Lipinski definition) is 14. The lowest BCUT2D eigenvalue weighted by Crippen LogP contribution is -2.70. The Bertz CT molecular complexity index is 1740. The van der Waals surface area contributed by atoms with Gasteiger partial charge in [-0.05, 0) is 19.3 Å². The molecule has 14 N–H and O–H groups in total. The Balaban J connectivity index is 1.64. The van der Waals surface area contributed by atoms with Crippen LogP contribution in [0.25, 0.3) is 0 Å². The van der Waals surface area contributed by atoms with Crippen LogP contribution >= 0.6 is 0 Å². The molecule has 0 aromatic carbocycles. The minimum atomic E-state index is -3.08. The van der Waals surface area contributed by atoms with Gasteiger partial charge in [-0.3, -0.25) is 9.59 Å². The number of allylic oxidation sites excluding steroid dienone is 1. The van der Waals surface area contributed by atoms with Crippen LogP contribution in [-0.4, -0.2) is 215 Å². The zero-order chi connectivity index (χ0) is 60.5. The molecular formula is C59H108N2O21. The first-order chi connectivity index (χ1) is 39.4. The molecule has 0 saturated carbocycles. The van der Waals surface area contributed by atoms with Crippen molar-refractivity contribution < 1.29 is 104 Å². The summed E-state index contributed by atoms with van der Waals surface area (Å²) < 4.78 is 34.6. The van der Waals surface area contributed by atoms with E-state index < -0.39 is 155 Å². The summed E-state index contributed by atoms with van der Waals surface area (Å²) in [6, 6.07) is -2.61. The van der Waals surface area contributed by atoms with E-state index in [1.165, 1.54) is 116 Å². The third-order valence-corrected chi connectivity index (χ3v) is 16.0. The number of unbranched alkanes of at least 4 members (excludes halogenated alkanes) is 25. The van der Waals surface area contributed by atoms with E-state index in [1.807, 2.05) is 6.08 Å². The summed E-state index contributed by atoms with van der Waals surface area (Å²) in [4.78, 5) is 38.3. The number of aliphatic hydroxyl groups is 11. The highest BCUT2D eigenvalue weighted by Crippen LogP contribution is 2.38. The molecule has 3 rings (SSSR count). The molecule has 0 bridgehead atoms. The van der Waals surface area contributed by atoms with Gasteiger partial charge in [-0.1, -0.05) is 180 Å². The molecule has 0 radical (unpaired) electrons. The van der Waals surface area contributed by atoms with E-state index in [-0.39, 0.29) is 12.3 Å². The van der Waals surface area contributed by atoms with Crippen molar-refractivity contribution in [3.05, 3.63) is 12.2 Å². The highest BCUT2D eigenvalue weighted by molar-refractivity contribution is 5.77. The predicted molar refractivity (Wildman–Crippen MR) is 301 cm³/mol. The number of aliphatic carboxylic acids is 1. The van der Waals surface area contributed by atoms with Crippen LogP contribution in [0.4, 0.5) is 0 Å². The summed E-state index contributed by atoms with van der Waals surface area (Å²) in [5.74, 6) is -6.14. The van der Waals surface area contributed by atoms with Crippen LogP contribution in [0, 0.1) is 0 Å². The summed E-state index contributed by atoms with van der Waals surface area (Å²) in [5.41, 5.74) is 0. The van der Waals surface area contributed by atoms with Crippen LogP contribution in [0.15, 0.2) is 12.2 Å².